The molecule has 3 nitrogen and oxygen atoms in total. The van der Waals surface area contributed by atoms with Crippen molar-refractivity contribution in [3.63, 3.8) is 0 Å². The molecule has 1 aromatic carbocycles. The van der Waals surface area contributed by atoms with Crippen LogP contribution in [0.1, 0.15) is 17.3 Å². The summed E-state index contributed by atoms with van der Waals surface area (Å²) in [5.74, 6) is -0.310. The summed E-state index contributed by atoms with van der Waals surface area (Å²) in [7, 11) is 0. The van der Waals surface area contributed by atoms with Crippen molar-refractivity contribution >= 4 is 33.4 Å². The largest absolute Gasteiger partial charge is 0.274 e. The number of hydroxylamine groups is 1. The summed E-state index contributed by atoms with van der Waals surface area (Å²) in [6, 6.07) is 4.94. The lowest BCUT2D eigenvalue weighted by molar-refractivity contribution is 0.0364. The first-order valence-corrected chi connectivity index (χ1v) is 5.19. The van der Waals surface area contributed by atoms with E-state index >= 15 is 0 Å². The standard InChI is InChI=1S/C9H9BrClNO2/c1-2-14-12-9(13)6-3-7(10)5-8(11)4-6/h3-5H,2H2,1H3,(H,12,13). The molecule has 0 bridgehead atoms. The molecule has 0 unspecified atom stereocenters. The highest BCUT2D eigenvalue weighted by molar-refractivity contribution is 9.10. The summed E-state index contributed by atoms with van der Waals surface area (Å²) in [6.45, 7) is 2.21. The van der Waals surface area contributed by atoms with Gasteiger partial charge >= 0.3 is 0 Å². The first-order chi connectivity index (χ1) is 6.63. The molecule has 1 N–H and O–H groups in total. The average molecular weight is 279 g/mol. The maximum Gasteiger partial charge on any atom is 0.274 e. The van der Waals surface area contributed by atoms with Crippen molar-refractivity contribution in [3.05, 3.63) is 33.3 Å². The maximum atomic E-state index is 11.4. The van der Waals surface area contributed by atoms with Gasteiger partial charge in [0.25, 0.3) is 5.91 Å². The molecule has 0 heterocycles. The summed E-state index contributed by atoms with van der Waals surface area (Å²) < 4.78 is 0.756. The number of benzene rings is 1. The van der Waals surface area contributed by atoms with Crippen molar-refractivity contribution in [1.82, 2.24) is 5.48 Å². The molecule has 14 heavy (non-hydrogen) atoms. The van der Waals surface area contributed by atoms with Gasteiger partial charge in [0.2, 0.25) is 0 Å². The average Bonchev–Trinajstić information content (AvgIpc) is 2.12. The van der Waals surface area contributed by atoms with Gasteiger partial charge in [-0.3, -0.25) is 9.63 Å². The van der Waals surface area contributed by atoms with Gasteiger partial charge in [0.15, 0.2) is 0 Å². The molecule has 0 atom stereocenters. The normalized spacial score (nSPS) is 9.93. The quantitative estimate of drug-likeness (QED) is 0.864. The third kappa shape index (κ3) is 3.29. The molecular weight excluding hydrogens is 269 g/mol. The first-order valence-electron chi connectivity index (χ1n) is 4.01. The summed E-state index contributed by atoms with van der Waals surface area (Å²) in [6.07, 6.45) is 0. The van der Waals surface area contributed by atoms with E-state index in [-0.39, 0.29) is 5.91 Å². The van der Waals surface area contributed by atoms with Crippen LogP contribution in [0.15, 0.2) is 22.7 Å². The van der Waals surface area contributed by atoms with Crippen molar-refractivity contribution in [2.24, 2.45) is 0 Å². The van der Waals surface area contributed by atoms with Crippen LogP contribution in [-0.4, -0.2) is 12.5 Å². The van der Waals surface area contributed by atoms with Gasteiger partial charge < -0.3 is 0 Å². The molecule has 0 spiro atoms. The predicted molar refractivity (Wildman–Crippen MR) is 58.2 cm³/mol. The van der Waals surface area contributed by atoms with E-state index in [0.29, 0.717) is 17.2 Å². The van der Waals surface area contributed by atoms with Crippen LogP contribution >= 0.6 is 27.5 Å². The van der Waals surface area contributed by atoms with Crippen LogP contribution in [0.4, 0.5) is 0 Å². The number of rotatable bonds is 3. The summed E-state index contributed by atoms with van der Waals surface area (Å²) in [5, 5.41) is 0.501. The molecular formula is C9H9BrClNO2. The highest BCUT2D eigenvalue weighted by atomic mass is 79.9. The Morgan fingerprint density at radius 1 is 1.57 bits per heavy atom. The smallest absolute Gasteiger partial charge is 0.274 e. The van der Waals surface area contributed by atoms with Crippen molar-refractivity contribution < 1.29 is 9.63 Å². The van der Waals surface area contributed by atoms with Crippen LogP contribution in [0.3, 0.4) is 0 Å². The van der Waals surface area contributed by atoms with Crippen molar-refractivity contribution in [2.45, 2.75) is 6.92 Å². The van der Waals surface area contributed by atoms with E-state index in [1.807, 2.05) is 0 Å². The molecule has 0 radical (unpaired) electrons. The zero-order chi connectivity index (χ0) is 10.6. The van der Waals surface area contributed by atoms with E-state index in [1.165, 1.54) is 0 Å². The topological polar surface area (TPSA) is 38.3 Å². The van der Waals surface area contributed by atoms with Crippen LogP contribution in [-0.2, 0) is 4.84 Å². The lowest BCUT2D eigenvalue weighted by atomic mass is 10.2. The molecule has 0 fully saturated rings. The molecule has 1 rings (SSSR count). The van der Waals surface area contributed by atoms with Gasteiger partial charge in [0.1, 0.15) is 0 Å². The summed E-state index contributed by atoms with van der Waals surface area (Å²) in [5.41, 5.74) is 2.74. The fourth-order valence-electron chi connectivity index (χ4n) is 0.882. The Morgan fingerprint density at radius 2 is 2.29 bits per heavy atom. The van der Waals surface area contributed by atoms with Crippen LogP contribution in [0.5, 0.6) is 0 Å². The molecule has 1 amide bonds. The third-order valence-electron chi connectivity index (χ3n) is 1.43. The van der Waals surface area contributed by atoms with Crippen LogP contribution in [0, 0.1) is 0 Å². The third-order valence-corrected chi connectivity index (χ3v) is 2.11. The Bertz CT molecular complexity index is 323. The van der Waals surface area contributed by atoms with E-state index in [0.717, 1.165) is 4.47 Å². The monoisotopic (exact) mass is 277 g/mol. The predicted octanol–water partition coefficient (Wildman–Crippen LogP) is 2.78. The molecule has 76 valence electrons. The summed E-state index contributed by atoms with van der Waals surface area (Å²) >= 11 is 9.02. The Labute approximate surface area is 95.5 Å². The Morgan fingerprint density at radius 3 is 2.86 bits per heavy atom. The first kappa shape index (κ1) is 11.5. The SMILES string of the molecule is CCONC(=O)c1cc(Cl)cc(Br)c1. The minimum Gasteiger partial charge on any atom is -0.274 e. The second-order valence-electron chi connectivity index (χ2n) is 2.52. The fourth-order valence-corrected chi connectivity index (χ4v) is 1.74. The van der Waals surface area contributed by atoms with Crippen molar-refractivity contribution in [3.8, 4) is 0 Å². The number of halogens is 2. The lowest BCUT2D eigenvalue weighted by Gasteiger charge is -2.04. The Balaban J connectivity index is 2.79. The van der Waals surface area contributed by atoms with Crippen LogP contribution in [0.25, 0.3) is 0 Å². The van der Waals surface area contributed by atoms with Crippen LogP contribution < -0.4 is 5.48 Å². The van der Waals surface area contributed by atoms with Gasteiger partial charge in [0.05, 0.1) is 6.61 Å². The second kappa shape index (κ2) is 5.34. The molecule has 0 aliphatic carbocycles. The van der Waals surface area contributed by atoms with E-state index in [2.05, 4.69) is 21.4 Å². The van der Waals surface area contributed by atoms with E-state index < -0.39 is 0 Å². The lowest BCUT2D eigenvalue weighted by Crippen LogP contribution is -2.23. The molecule has 5 heteroatoms. The number of hydrogen-bond acceptors (Lipinski definition) is 2. The minimum atomic E-state index is -0.310. The number of amides is 1. The van der Waals surface area contributed by atoms with Gasteiger partial charge in [0, 0.05) is 15.1 Å². The second-order valence-corrected chi connectivity index (χ2v) is 3.87. The minimum absolute atomic E-state index is 0.310. The van der Waals surface area contributed by atoms with E-state index in [1.54, 1.807) is 25.1 Å². The zero-order valence-corrected chi connectivity index (χ0v) is 9.85. The van der Waals surface area contributed by atoms with Gasteiger partial charge in [-0.2, -0.15) is 0 Å². The van der Waals surface area contributed by atoms with Crippen LogP contribution in [0.2, 0.25) is 5.02 Å². The van der Waals surface area contributed by atoms with Crippen molar-refractivity contribution in [1.29, 1.82) is 0 Å². The molecule has 0 saturated heterocycles. The van der Waals surface area contributed by atoms with Gasteiger partial charge in [-0.05, 0) is 25.1 Å². The van der Waals surface area contributed by atoms with Gasteiger partial charge in [-0.1, -0.05) is 27.5 Å². The number of carbonyl (C=O) groups excluding carboxylic acids is 1. The molecule has 1 aromatic rings. The zero-order valence-electron chi connectivity index (χ0n) is 7.51. The van der Waals surface area contributed by atoms with Gasteiger partial charge in [-0.25, -0.2) is 5.48 Å². The molecule has 0 aliphatic rings. The number of carbonyl (C=O) groups is 1. The summed E-state index contributed by atoms with van der Waals surface area (Å²) in [4.78, 5) is 16.2. The number of hydrogen-bond donors (Lipinski definition) is 1. The highest BCUT2D eigenvalue weighted by Gasteiger charge is 2.06. The number of nitrogens with one attached hydrogen (secondary N) is 1. The van der Waals surface area contributed by atoms with E-state index in [4.69, 9.17) is 16.4 Å². The van der Waals surface area contributed by atoms with E-state index in [9.17, 15) is 4.79 Å². The molecule has 0 saturated carbocycles. The maximum absolute atomic E-state index is 11.4. The van der Waals surface area contributed by atoms with Gasteiger partial charge in [-0.15, -0.1) is 0 Å². The molecule has 0 aliphatic heterocycles. The molecule has 0 aromatic heterocycles. The fraction of sp³-hybridized carbons (Fsp3) is 0.222. The van der Waals surface area contributed by atoms with Crippen molar-refractivity contribution in [2.75, 3.05) is 6.61 Å². The highest BCUT2D eigenvalue weighted by Crippen LogP contribution is 2.19. The Kier molecular flexibility index (Phi) is 4.38. The Hall–Kier alpha value is -0.580.